The summed E-state index contributed by atoms with van der Waals surface area (Å²) >= 11 is 0. The maximum atomic E-state index is 12.7. The van der Waals surface area contributed by atoms with Crippen LogP contribution < -0.4 is 15.6 Å². The van der Waals surface area contributed by atoms with Crippen molar-refractivity contribution in [1.29, 1.82) is 0 Å². The molecule has 2 N–H and O–H groups in total. The summed E-state index contributed by atoms with van der Waals surface area (Å²) in [6, 6.07) is 6.22. The lowest BCUT2D eigenvalue weighted by Crippen LogP contribution is -2.53. The molecule has 3 aliphatic rings. The van der Waals surface area contributed by atoms with Crippen molar-refractivity contribution in [3.63, 3.8) is 0 Å². The Morgan fingerprint density at radius 1 is 1.07 bits per heavy atom. The average molecular weight is 398 g/mol. The molecule has 9 heteroatoms. The number of carbonyl (C=O) groups is 1. The van der Waals surface area contributed by atoms with Crippen LogP contribution in [-0.2, 0) is 11.3 Å². The van der Waals surface area contributed by atoms with Crippen LogP contribution in [0.4, 0.5) is 13.2 Å². The Morgan fingerprint density at radius 2 is 1.75 bits per heavy atom. The van der Waals surface area contributed by atoms with Crippen molar-refractivity contribution in [1.82, 2.24) is 20.7 Å². The van der Waals surface area contributed by atoms with Gasteiger partial charge in [0.15, 0.2) is 0 Å². The molecule has 0 spiro atoms. The number of amides is 1. The Balaban J connectivity index is 1.22. The van der Waals surface area contributed by atoms with Crippen molar-refractivity contribution < 1.29 is 22.7 Å². The number of hydrogen-bond acceptors (Lipinski definition) is 5. The number of piperazine rings is 1. The minimum absolute atomic E-state index is 0.140. The van der Waals surface area contributed by atoms with Crippen LogP contribution >= 0.6 is 0 Å². The van der Waals surface area contributed by atoms with Gasteiger partial charge in [-0.1, -0.05) is 12.1 Å². The van der Waals surface area contributed by atoms with Crippen molar-refractivity contribution >= 4 is 5.91 Å². The second-order valence-electron chi connectivity index (χ2n) is 7.81. The number of carbonyl (C=O) groups excluding carboxylic acids is 1. The van der Waals surface area contributed by atoms with E-state index >= 15 is 0 Å². The summed E-state index contributed by atoms with van der Waals surface area (Å²) in [5.74, 6) is 0.660. The molecule has 6 nitrogen and oxygen atoms in total. The maximum absolute atomic E-state index is 12.7. The number of benzene rings is 1. The molecule has 1 aromatic carbocycles. The summed E-state index contributed by atoms with van der Waals surface area (Å²) in [4.78, 5) is 16.8. The summed E-state index contributed by atoms with van der Waals surface area (Å²) in [5.41, 5.74) is 7.33. The molecule has 154 valence electrons. The van der Waals surface area contributed by atoms with Crippen LogP contribution in [-0.4, -0.2) is 60.3 Å². The number of hydrazine groups is 1. The van der Waals surface area contributed by atoms with Crippen molar-refractivity contribution in [3.05, 3.63) is 29.8 Å². The quantitative estimate of drug-likeness (QED) is 0.793. The molecule has 2 saturated heterocycles. The van der Waals surface area contributed by atoms with Crippen LogP contribution in [0, 0.1) is 5.92 Å². The molecule has 2 unspecified atom stereocenters. The van der Waals surface area contributed by atoms with E-state index in [1.54, 1.807) is 12.1 Å². The van der Waals surface area contributed by atoms with Crippen LogP contribution in [0.1, 0.15) is 24.8 Å². The highest BCUT2D eigenvalue weighted by atomic mass is 19.4. The van der Waals surface area contributed by atoms with E-state index in [0.29, 0.717) is 25.7 Å². The number of rotatable bonds is 5. The number of nitrogens with zero attached hydrogens (tertiary/aromatic N) is 2. The molecule has 0 bridgehead atoms. The molecular formula is C19H25F3N4O2. The monoisotopic (exact) mass is 398 g/mol. The van der Waals surface area contributed by atoms with Gasteiger partial charge in [0.1, 0.15) is 11.8 Å². The fraction of sp³-hybridized carbons (Fsp3) is 0.632. The first-order valence-electron chi connectivity index (χ1n) is 9.74. The van der Waals surface area contributed by atoms with Gasteiger partial charge in [-0.25, -0.2) is 5.43 Å². The zero-order valence-corrected chi connectivity index (χ0v) is 15.5. The van der Waals surface area contributed by atoms with Crippen molar-refractivity contribution in [2.75, 3.05) is 26.2 Å². The van der Waals surface area contributed by atoms with E-state index in [1.165, 1.54) is 25.0 Å². The van der Waals surface area contributed by atoms with E-state index < -0.39 is 6.36 Å². The van der Waals surface area contributed by atoms with Gasteiger partial charge in [-0.05, 0) is 42.9 Å². The Labute approximate surface area is 162 Å². The highest BCUT2D eigenvalue weighted by Crippen LogP contribution is 2.35. The molecule has 1 aliphatic carbocycles. The Kier molecular flexibility index (Phi) is 5.48. The second kappa shape index (κ2) is 7.88. The van der Waals surface area contributed by atoms with Crippen LogP contribution in [0.2, 0.25) is 0 Å². The van der Waals surface area contributed by atoms with Crippen LogP contribution in [0.5, 0.6) is 5.75 Å². The van der Waals surface area contributed by atoms with Gasteiger partial charge in [0.25, 0.3) is 0 Å². The minimum atomic E-state index is -4.67. The van der Waals surface area contributed by atoms with Gasteiger partial charge in [0.2, 0.25) is 5.91 Å². The van der Waals surface area contributed by atoms with Crippen molar-refractivity contribution in [2.45, 2.75) is 44.3 Å². The number of alkyl halides is 3. The molecule has 3 fully saturated rings. The maximum Gasteiger partial charge on any atom is 0.573 e. The van der Waals surface area contributed by atoms with Crippen LogP contribution in [0.3, 0.4) is 0 Å². The topological polar surface area (TPSA) is 56.8 Å². The minimum Gasteiger partial charge on any atom is -0.406 e. The zero-order valence-electron chi connectivity index (χ0n) is 15.5. The fourth-order valence-electron chi connectivity index (χ4n) is 3.95. The first kappa shape index (κ1) is 19.5. The van der Waals surface area contributed by atoms with Gasteiger partial charge >= 0.3 is 6.36 Å². The second-order valence-corrected chi connectivity index (χ2v) is 7.81. The molecule has 28 heavy (non-hydrogen) atoms. The lowest BCUT2D eigenvalue weighted by atomic mass is 10.1. The first-order chi connectivity index (χ1) is 13.4. The molecule has 1 saturated carbocycles. The number of halogens is 3. The summed E-state index contributed by atoms with van der Waals surface area (Å²) in [5, 5.41) is 0. The molecule has 0 radical (unpaired) electrons. The molecule has 1 amide bonds. The number of ether oxygens (including phenoxy) is 1. The van der Waals surface area contributed by atoms with Gasteiger partial charge in [-0.2, -0.15) is 0 Å². The van der Waals surface area contributed by atoms with Gasteiger partial charge in [-0.3, -0.25) is 15.1 Å². The largest absolute Gasteiger partial charge is 0.573 e. The van der Waals surface area contributed by atoms with E-state index in [2.05, 4.69) is 20.5 Å². The first-order valence-corrected chi connectivity index (χ1v) is 9.74. The smallest absolute Gasteiger partial charge is 0.406 e. The average Bonchev–Trinajstić information content (AvgIpc) is 3.39. The Morgan fingerprint density at radius 3 is 2.36 bits per heavy atom. The third kappa shape index (κ3) is 4.95. The van der Waals surface area contributed by atoms with E-state index in [-0.39, 0.29) is 17.7 Å². The summed E-state index contributed by atoms with van der Waals surface area (Å²) in [6.45, 7) is 3.47. The van der Waals surface area contributed by atoms with Crippen molar-refractivity contribution in [2.24, 2.45) is 5.92 Å². The molecule has 0 aromatic heterocycles. The van der Waals surface area contributed by atoms with Gasteiger partial charge in [0.05, 0.1) is 0 Å². The van der Waals surface area contributed by atoms with Gasteiger partial charge < -0.3 is 9.64 Å². The summed E-state index contributed by atoms with van der Waals surface area (Å²) < 4.78 is 40.6. The lowest BCUT2D eigenvalue weighted by Gasteiger charge is -2.35. The predicted octanol–water partition coefficient (Wildman–Crippen LogP) is 1.87. The third-order valence-electron chi connectivity index (χ3n) is 5.67. The van der Waals surface area contributed by atoms with E-state index in [9.17, 15) is 18.0 Å². The van der Waals surface area contributed by atoms with Crippen LogP contribution in [0.15, 0.2) is 24.3 Å². The third-order valence-corrected chi connectivity index (χ3v) is 5.67. The molecule has 1 aromatic rings. The molecule has 2 atom stereocenters. The Bertz CT molecular complexity index is 685. The van der Waals surface area contributed by atoms with Gasteiger partial charge in [-0.15, -0.1) is 13.2 Å². The van der Waals surface area contributed by atoms with E-state index in [4.69, 9.17) is 0 Å². The lowest BCUT2D eigenvalue weighted by molar-refractivity contribution is -0.274. The Hall–Kier alpha value is -1.84. The highest BCUT2D eigenvalue weighted by molar-refractivity contribution is 5.82. The fourth-order valence-corrected chi connectivity index (χ4v) is 3.95. The number of hydrogen-bond donors (Lipinski definition) is 2. The zero-order chi connectivity index (χ0) is 19.7. The van der Waals surface area contributed by atoms with E-state index in [1.807, 2.05) is 4.90 Å². The summed E-state index contributed by atoms with van der Waals surface area (Å²) in [6.07, 6.45) is -1.31. The van der Waals surface area contributed by atoms with Gasteiger partial charge in [0, 0.05) is 38.8 Å². The standard InChI is InChI=1S/C19H25F3N4O2/c20-19(21,22)28-15-5-1-13(2-6-15)12-25-7-9-26(10-8-25)18(27)17-11-16(23-24-17)14-3-4-14/h1-2,5-6,14,16-17,23-24H,3-4,7-12H2. The molecule has 4 rings (SSSR count). The summed E-state index contributed by atoms with van der Waals surface area (Å²) in [7, 11) is 0. The van der Waals surface area contributed by atoms with Crippen LogP contribution in [0.25, 0.3) is 0 Å². The molecular weight excluding hydrogens is 373 g/mol. The highest BCUT2D eigenvalue weighted by Gasteiger charge is 2.40. The SMILES string of the molecule is O=C(C1CC(C2CC2)NN1)N1CCN(Cc2ccc(OC(F)(F)F)cc2)CC1. The molecule has 2 heterocycles. The van der Waals surface area contributed by atoms with Crippen molar-refractivity contribution in [3.8, 4) is 5.75 Å². The normalized spacial score (nSPS) is 26.5. The predicted molar refractivity (Wildman–Crippen MR) is 96.2 cm³/mol. The molecule has 2 aliphatic heterocycles. The number of nitrogens with one attached hydrogen (secondary N) is 2. The van der Waals surface area contributed by atoms with E-state index in [0.717, 1.165) is 31.0 Å².